The maximum absolute atomic E-state index is 13.0. The third-order valence-corrected chi connectivity index (χ3v) is 4.53. The molecule has 0 aromatic heterocycles. The van der Waals surface area contributed by atoms with Crippen LogP contribution in [0.3, 0.4) is 0 Å². The van der Waals surface area contributed by atoms with Crippen molar-refractivity contribution in [3.05, 3.63) is 59.7 Å². The average molecular weight is 335 g/mol. The fourth-order valence-corrected chi connectivity index (χ4v) is 3.03. The zero-order valence-corrected chi connectivity index (χ0v) is 14.4. The molecule has 0 saturated heterocycles. The van der Waals surface area contributed by atoms with Crippen LogP contribution in [0.2, 0.25) is 0 Å². The number of hydrogen-bond donors (Lipinski definition) is 1. The number of nitriles is 1. The lowest BCUT2D eigenvalue weighted by Crippen LogP contribution is -2.47. The Hall–Kier alpha value is -3.00. The number of nitrogens with one attached hydrogen (secondary N) is 1. The first-order chi connectivity index (χ1) is 12.2. The number of amides is 1. The van der Waals surface area contributed by atoms with Gasteiger partial charge in [0.25, 0.3) is 5.91 Å². The van der Waals surface area contributed by atoms with Crippen molar-refractivity contribution >= 4 is 11.6 Å². The molecule has 5 heteroatoms. The molecular formula is C20H21N3O2. The summed E-state index contributed by atoms with van der Waals surface area (Å²) in [6.07, 6.45) is 0.637. The van der Waals surface area contributed by atoms with Gasteiger partial charge in [0.1, 0.15) is 18.0 Å². The summed E-state index contributed by atoms with van der Waals surface area (Å²) in [4.78, 5) is 14.9. The Morgan fingerprint density at radius 1 is 1.24 bits per heavy atom. The van der Waals surface area contributed by atoms with Crippen LogP contribution in [0.1, 0.15) is 42.4 Å². The summed E-state index contributed by atoms with van der Waals surface area (Å²) in [6.45, 7) is 4.16. The van der Waals surface area contributed by atoms with Gasteiger partial charge in [-0.25, -0.2) is 0 Å². The number of carbonyl (C=O) groups excluding carboxylic acids is 1. The lowest BCUT2D eigenvalue weighted by molar-refractivity contribution is 0.0593. The molecule has 1 aliphatic heterocycles. The highest BCUT2D eigenvalue weighted by Gasteiger charge is 2.35. The normalized spacial score (nSPS) is 17.2. The number of benzene rings is 2. The Labute approximate surface area is 147 Å². The van der Waals surface area contributed by atoms with Gasteiger partial charge in [-0.1, -0.05) is 31.2 Å². The summed E-state index contributed by atoms with van der Waals surface area (Å²) < 4.78 is 5.31. The molecule has 5 nitrogen and oxygen atoms in total. The van der Waals surface area contributed by atoms with Gasteiger partial charge in [0.15, 0.2) is 6.61 Å². The van der Waals surface area contributed by atoms with E-state index in [0.29, 0.717) is 11.3 Å². The van der Waals surface area contributed by atoms with Crippen molar-refractivity contribution < 1.29 is 9.53 Å². The van der Waals surface area contributed by atoms with Gasteiger partial charge in [0.05, 0.1) is 5.56 Å². The molecule has 0 spiro atoms. The molecular weight excluding hydrogens is 314 g/mol. The van der Waals surface area contributed by atoms with E-state index in [1.807, 2.05) is 59.5 Å². The number of para-hydroxylation sites is 1. The van der Waals surface area contributed by atoms with Crippen molar-refractivity contribution in [3.63, 3.8) is 0 Å². The predicted molar refractivity (Wildman–Crippen MR) is 96.3 cm³/mol. The minimum Gasteiger partial charge on any atom is -0.479 e. The highest BCUT2D eigenvalue weighted by atomic mass is 16.5. The minimum atomic E-state index is -0.234. The Bertz CT molecular complexity index is 795. The Morgan fingerprint density at radius 3 is 2.64 bits per heavy atom. The van der Waals surface area contributed by atoms with Crippen molar-refractivity contribution in [2.75, 3.05) is 11.9 Å². The number of fused-ring (bicyclic) bond motifs is 1. The molecule has 0 aliphatic carbocycles. The van der Waals surface area contributed by atoms with Gasteiger partial charge in [-0.2, -0.15) is 5.26 Å². The maximum atomic E-state index is 13.0. The smallest absolute Gasteiger partial charge is 0.258 e. The van der Waals surface area contributed by atoms with E-state index in [2.05, 4.69) is 19.2 Å². The van der Waals surface area contributed by atoms with Crippen LogP contribution >= 0.6 is 0 Å². The van der Waals surface area contributed by atoms with E-state index in [4.69, 9.17) is 10.00 Å². The van der Waals surface area contributed by atoms with E-state index in [1.54, 1.807) is 0 Å². The van der Waals surface area contributed by atoms with E-state index >= 15 is 0 Å². The molecule has 3 rings (SSSR count). The summed E-state index contributed by atoms with van der Waals surface area (Å²) in [5.41, 5.74) is 2.53. The molecule has 2 aromatic rings. The van der Waals surface area contributed by atoms with Crippen LogP contribution < -0.4 is 10.1 Å². The Kier molecular flexibility index (Phi) is 4.90. The van der Waals surface area contributed by atoms with E-state index in [9.17, 15) is 4.79 Å². The number of nitrogens with zero attached hydrogens (tertiary/aromatic N) is 2. The van der Waals surface area contributed by atoms with Crippen molar-refractivity contribution in [2.45, 2.75) is 32.5 Å². The van der Waals surface area contributed by atoms with Crippen molar-refractivity contribution in [3.8, 4) is 11.8 Å². The van der Waals surface area contributed by atoms with E-state index < -0.39 is 0 Å². The Balaban J connectivity index is 1.95. The number of carbonyl (C=O) groups is 1. The quantitative estimate of drug-likeness (QED) is 0.898. The van der Waals surface area contributed by atoms with Gasteiger partial charge in [-0.3, -0.25) is 4.79 Å². The monoisotopic (exact) mass is 335 g/mol. The largest absolute Gasteiger partial charge is 0.479 e. The van der Waals surface area contributed by atoms with Crippen LogP contribution in [0.4, 0.5) is 5.69 Å². The van der Waals surface area contributed by atoms with Gasteiger partial charge in [-0.05, 0) is 43.2 Å². The van der Waals surface area contributed by atoms with Gasteiger partial charge in [-0.15, -0.1) is 0 Å². The predicted octanol–water partition coefficient (Wildman–Crippen LogP) is 3.95. The molecule has 128 valence electrons. The van der Waals surface area contributed by atoms with Crippen LogP contribution in [-0.4, -0.2) is 23.5 Å². The molecule has 1 heterocycles. The fraction of sp³-hybridized carbons (Fsp3) is 0.300. The van der Waals surface area contributed by atoms with E-state index in [1.165, 1.54) is 0 Å². The number of ether oxygens (including phenoxy) is 1. The molecule has 2 atom stereocenters. The van der Waals surface area contributed by atoms with E-state index in [0.717, 1.165) is 17.7 Å². The van der Waals surface area contributed by atoms with Crippen LogP contribution in [0, 0.1) is 11.3 Å². The molecule has 0 radical (unpaired) electrons. The van der Waals surface area contributed by atoms with Gasteiger partial charge in [0, 0.05) is 11.7 Å². The average Bonchev–Trinajstić information content (AvgIpc) is 2.66. The number of anilines is 1. The zero-order chi connectivity index (χ0) is 17.8. The SMILES string of the molecule is CC[C@@H](C)N1C(=O)c2ccccc2N[C@@H]1c1ccc(OCC#N)cc1. The molecule has 0 bridgehead atoms. The summed E-state index contributed by atoms with van der Waals surface area (Å²) in [5.74, 6) is 0.682. The maximum Gasteiger partial charge on any atom is 0.258 e. The van der Waals surface area contributed by atoms with Gasteiger partial charge in [0.2, 0.25) is 0 Å². The van der Waals surface area contributed by atoms with Crippen LogP contribution in [0.25, 0.3) is 0 Å². The first-order valence-corrected chi connectivity index (χ1v) is 8.43. The molecule has 25 heavy (non-hydrogen) atoms. The molecule has 2 aromatic carbocycles. The van der Waals surface area contributed by atoms with Crippen LogP contribution in [-0.2, 0) is 0 Å². The summed E-state index contributed by atoms with van der Waals surface area (Å²) in [6, 6.07) is 17.2. The number of rotatable bonds is 5. The van der Waals surface area contributed by atoms with Crippen molar-refractivity contribution in [2.24, 2.45) is 0 Å². The van der Waals surface area contributed by atoms with Gasteiger partial charge >= 0.3 is 0 Å². The Morgan fingerprint density at radius 2 is 1.96 bits per heavy atom. The van der Waals surface area contributed by atoms with Crippen LogP contribution in [0.15, 0.2) is 48.5 Å². The fourth-order valence-electron chi connectivity index (χ4n) is 3.03. The lowest BCUT2D eigenvalue weighted by Gasteiger charge is -2.41. The second-order valence-corrected chi connectivity index (χ2v) is 6.08. The first-order valence-electron chi connectivity index (χ1n) is 8.43. The van der Waals surface area contributed by atoms with E-state index in [-0.39, 0.29) is 24.7 Å². The molecule has 1 amide bonds. The molecule has 1 N–H and O–H groups in total. The topological polar surface area (TPSA) is 65.4 Å². The second kappa shape index (κ2) is 7.27. The third-order valence-electron chi connectivity index (χ3n) is 4.53. The van der Waals surface area contributed by atoms with Crippen LogP contribution in [0.5, 0.6) is 5.75 Å². The summed E-state index contributed by atoms with van der Waals surface area (Å²) >= 11 is 0. The molecule has 1 aliphatic rings. The van der Waals surface area contributed by atoms with Crippen molar-refractivity contribution in [1.82, 2.24) is 4.90 Å². The highest BCUT2D eigenvalue weighted by Crippen LogP contribution is 2.35. The first kappa shape index (κ1) is 16.8. The molecule has 0 saturated carbocycles. The summed E-state index contributed by atoms with van der Waals surface area (Å²) in [7, 11) is 0. The van der Waals surface area contributed by atoms with Crippen molar-refractivity contribution in [1.29, 1.82) is 5.26 Å². The highest BCUT2D eigenvalue weighted by molar-refractivity contribution is 6.01. The standard InChI is InChI=1S/C20H21N3O2/c1-3-14(2)23-19(15-8-10-16(11-9-15)25-13-12-21)22-18-7-5-4-6-17(18)20(23)24/h4-11,14,19,22H,3,13H2,1-2H3/t14-,19+/m1/s1. The van der Waals surface area contributed by atoms with Gasteiger partial charge < -0.3 is 15.0 Å². The third kappa shape index (κ3) is 3.29. The second-order valence-electron chi connectivity index (χ2n) is 6.08. The molecule has 0 unspecified atom stereocenters. The lowest BCUT2D eigenvalue weighted by atomic mass is 10.0. The zero-order valence-electron chi connectivity index (χ0n) is 14.4. The molecule has 0 fully saturated rings. The summed E-state index contributed by atoms with van der Waals surface area (Å²) in [5, 5.41) is 12.1. The minimum absolute atomic E-state index is 0.0197. The number of hydrogen-bond acceptors (Lipinski definition) is 4.